The molecule has 21 heavy (non-hydrogen) atoms. The van der Waals surface area contributed by atoms with Gasteiger partial charge in [0.25, 0.3) is 0 Å². The van der Waals surface area contributed by atoms with Crippen molar-refractivity contribution in [1.29, 1.82) is 0 Å². The Balaban J connectivity index is 2.42. The number of H-pyrrole nitrogens is 1. The van der Waals surface area contributed by atoms with E-state index in [0.717, 1.165) is 11.3 Å². The van der Waals surface area contributed by atoms with Gasteiger partial charge in [0.1, 0.15) is 17.6 Å². The molecule has 1 unspecified atom stereocenters. The normalized spacial score (nSPS) is 12.7. The first kappa shape index (κ1) is 15.3. The van der Waals surface area contributed by atoms with Gasteiger partial charge in [-0.1, -0.05) is 13.8 Å². The molecule has 2 heterocycles. The van der Waals surface area contributed by atoms with Crippen LogP contribution in [-0.4, -0.2) is 41.6 Å². The van der Waals surface area contributed by atoms with Crippen molar-refractivity contribution in [3.05, 3.63) is 18.0 Å². The van der Waals surface area contributed by atoms with Crippen LogP contribution in [0.4, 0.5) is 5.82 Å². The minimum Gasteiger partial charge on any atom is -0.465 e. The maximum absolute atomic E-state index is 12.1. The number of hydrogen-bond donors (Lipinski definition) is 1. The van der Waals surface area contributed by atoms with Crippen molar-refractivity contribution in [3.8, 4) is 0 Å². The van der Waals surface area contributed by atoms with Crippen molar-refractivity contribution in [2.45, 2.75) is 26.7 Å². The van der Waals surface area contributed by atoms with Gasteiger partial charge in [-0.2, -0.15) is 0 Å². The first-order valence-corrected chi connectivity index (χ1v) is 7.14. The molecule has 0 bridgehead atoms. The van der Waals surface area contributed by atoms with Crippen LogP contribution in [0.1, 0.15) is 32.5 Å². The summed E-state index contributed by atoms with van der Waals surface area (Å²) in [6.07, 6.45) is 0. The highest BCUT2D eigenvalue weighted by Crippen LogP contribution is 2.26. The van der Waals surface area contributed by atoms with E-state index in [2.05, 4.69) is 15.0 Å². The number of ether oxygens (including phenoxy) is 1. The first-order chi connectivity index (χ1) is 9.93. The molecule has 0 saturated heterocycles. The third-order valence-electron chi connectivity index (χ3n) is 3.31. The molecule has 6 nitrogen and oxygen atoms in total. The monoisotopic (exact) mass is 290 g/mol. The summed E-state index contributed by atoms with van der Waals surface area (Å²) < 4.78 is 5.15. The molecule has 2 aromatic rings. The Bertz CT molecular complexity index is 634. The molecule has 1 atom stereocenters. The standard InChI is InChI=1S/C15H22N4O2/c1-6-21-15(20)12(9(2)3)14-16-10-7-8-11(19(4)5)17-13(10)18-14/h7-9,12H,6H2,1-5H3,(H,16,17,18). The summed E-state index contributed by atoms with van der Waals surface area (Å²) in [7, 11) is 3.86. The van der Waals surface area contributed by atoms with E-state index in [9.17, 15) is 4.79 Å². The maximum Gasteiger partial charge on any atom is 0.316 e. The molecule has 0 aliphatic rings. The van der Waals surface area contributed by atoms with E-state index in [-0.39, 0.29) is 11.9 Å². The van der Waals surface area contributed by atoms with E-state index in [1.807, 2.05) is 45.0 Å². The van der Waals surface area contributed by atoms with Crippen LogP contribution in [0.25, 0.3) is 11.2 Å². The summed E-state index contributed by atoms with van der Waals surface area (Å²) in [6.45, 7) is 6.13. The van der Waals surface area contributed by atoms with Crippen LogP contribution in [0.2, 0.25) is 0 Å². The van der Waals surface area contributed by atoms with E-state index in [4.69, 9.17) is 4.74 Å². The van der Waals surface area contributed by atoms with Crippen LogP contribution in [-0.2, 0) is 9.53 Å². The lowest BCUT2D eigenvalue weighted by Crippen LogP contribution is -2.22. The van der Waals surface area contributed by atoms with Crippen LogP contribution in [0.5, 0.6) is 0 Å². The molecular weight excluding hydrogens is 268 g/mol. The lowest BCUT2D eigenvalue weighted by molar-refractivity contribution is -0.146. The fraction of sp³-hybridized carbons (Fsp3) is 0.533. The number of nitrogens with zero attached hydrogens (tertiary/aromatic N) is 3. The molecule has 0 spiro atoms. The zero-order valence-electron chi connectivity index (χ0n) is 13.2. The van der Waals surface area contributed by atoms with Gasteiger partial charge in [-0.3, -0.25) is 4.79 Å². The van der Waals surface area contributed by atoms with Crippen LogP contribution >= 0.6 is 0 Å². The Morgan fingerprint density at radius 3 is 2.62 bits per heavy atom. The maximum atomic E-state index is 12.1. The second-order valence-corrected chi connectivity index (χ2v) is 5.53. The number of aromatic nitrogens is 3. The van der Waals surface area contributed by atoms with E-state index < -0.39 is 5.92 Å². The van der Waals surface area contributed by atoms with E-state index in [1.54, 1.807) is 6.92 Å². The molecule has 0 aliphatic carbocycles. The highest BCUT2D eigenvalue weighted by molar-refractivity contribution is 5.80. The minimum absolute atomic E-state index is 0.0953. The number of carbonyl (C=O) groups excluding carboxylic acids is 1. The summed E-state index contributed by atoms with van der Waals surface area (Å²) in [5.41, 5.74) is 1.44. The average Bonchev–Trinajstić information content (AvgIpc) is 2.80. The van der Waals surface area contributed by atoms with Gasteiger partial charge in [0.05, 0.1) is 12.1 Å². The molecule has 0 aromatic carbocycles. The van der Waals surface area contributed by atoms with Gasteiger partial charge in [-0.15, -0.1) is 0 Å². The second kappa shape index (κ2) is 6.11. The van der Waals surface area contributed by atoms with Crippen molar-refractivity contribution in [2.24, 2.45) is 5.92 Å². The van der Waals surface area contributed by atoms with Crippen molar-refractivity contribution >= 4 is 23.0 Å². The number of fused-ring (bicyclic) bond motifs is 1. The molecule has 0 amide bonds. The number of pyridine rings is 1. The minimum atomic E-state index is -0.401. The largest absolute Gasteiger partial charge is 0.465 e. The van der Waals surface area contributed by atoms with Gasteiger partial charge in [-0.25, -0.2) is 9.97 Å². The third-order valence-corrected chi connectivity index (χ3v) is 3.31. The number of nitrogens with one attached hydrogen (secondary N) is 1. The smallest absolute Gasteiger partial charge is 0.316 e. The zero-order valence-corrected chi connectivity index (χ0v) is 13.2. The summed E-state index contributed by atoms with van der Waals surface area (Å²) >= 11 is 0. The van der Waals surface area contributed by atoms with Gasteiger partial charge in [0.2, 0.25) is 0 Å². The topological polar surface area (TPSA) is 71.1 Å². The second-order valence-electron chi connectivity index (χ2n) is 5.53. The van der Waals surface area contributed by atoms with Crippen molar-refractivity contribution in [3.63, 3.8) is 0 Å². The third kappa shape index (κ3) is 3.15. The highest BCUT2D eigenvalue weighted by Gasteiger charge is 2.28. The van der Waals surface area contributed by atoms with Crippen molar-refractivity contribution < 1.29 is 9.53 Å². The van der Waals surface area contributed by atoms with E-state index in [0.29, 0.717) is 18.1 Å². The zero-order chi connectivity index (χ0) is 15.6. The number of aromatic amines is 1. The summed E-state index contributed by atoms with van der Waals surface area (Å²) in [5, 5.41) is 0. The van der Waals surface area contributed by atoms with Gasteiger partial charge in [0, 0.05) is 14.1 Å². The van der Waals surface area contributed by atoms with Crippen LogP contribution in [0.15, 0.2) is 12.1 Å². The number of imidazole rings is 1. The van der Waals surface area contributed by atoms with Gasteiger partial charge >= 0.3 is 5.97 Å². The summed E-state index contributed by atoms with van der Waals surface area (Å²) in [5.74, 6) is 0.888. The number of hydrogen-bond acceptors (Lipinski definition) is 5. The highest BCUT2D eigenvalue weighted by atomic mass is 16.5. The Kier molecular flexibility index (Phi) is 4.45. The fourth-order valence-corrected chi connectivity index (χ4v) is 2.23. The van der Waals surface area contributed by atoms with Gasteiger partial charge in [0.15, 0.2) is 5.65 Å². The Labute approximate surface area is 124 Å². The molecule has 1 N–H and O–H groups in total. The quantitative estimate of drug-likeness (QED) is 0.856. The molecule has 2 aromatic heterocycles. The SMILES string of the molecule is CCOC(=O)C(c1nc2nc(N(C)C)ccc2[nH]1)C(C)C. The van der Waals surface area contributed by atoms with Gasteiger partial charge < -0.3 is 14.6 Å². The molecule has 0 saturated carbocycles. The number of anilines is 1. The predicted octanol–water partition coefficient (Wildman–Crippen LogP) is 2.33. The van der Waals surface area contributed by atoms with Crippen LogP contribution in [0, 0.1) is 5.92 Å². The lowest BCUT2D eigenvalue weighted by Gasteiger charge is -2.16. The van der Waals surface area contributed by atoms with Crippen LogP contribution in [0.3, 0.4) is 0 Å². The Morgan fingerprint density at radius 2 is 2.05 bits per heavy atom. The molecule has 0 fully saturated rings. The molecular formula is C15H22N4O2. The van der Waals surface area contributed by atoms with Crippen LogP contribution < -0.4 is 4.90 Å². The number of rotatable bonds is 5. The summed E-state index contributed by atoms with van der Waals surface area (Å²) in [4.78, 5) is 26.2. The van der Waals surface area contributed by atoms with Gasteiger partial charge in [-0.05, 0) is 25.0 Å². The molecule has 114 valence electrons. The molecule has 0 radical (unpaired) electrons. The van der Waals surface area contributed by atoms with Crippen molar-refractivity contribution in [1.82, 2.24) is 15.0 Å². The Hall–Kier alpha value is -2.11. The molecule has 6 heteroatoms. The average molecular weight is 290 g/mol. The fourth-order valence-electron chi connectivity index (χ4n) is 2.23. The Morgan fingerprint density at radius 1 is 1.33 bits per heavy atom. The molecule has 2 rings (SSSR count). The summed E-state index contributed by atoms with van der Waals surface area (Å²) in [6, 6.07) is 3.84. The number of carbonyl (C=O) groups is 1. The van der Waals surface area contributed by atoms with Crippen molar-refractivity contribution in [2.75, 3.05) is 25.6 Å². The van der Waals surface area contributed by atoms with E-state index >= 15 is 0 Å². The number of esters is 1. The molecule has 0 aliphatic heterocycles. The lowest BCUT2D eigenvalue weighted by atomic mass is 9.95. The van der Waals surface area contributed by atoms with E-state index in [1.165, 1.54) is 0 Å². The first-order valence-electron chi connectivity index (χ1n) is 7.14. The predicted molar refractivity (Wildman–Crippen MR) is 82.4 cm³/mol.